The molecule has 6 heteroatoms. The van der Waals surface area contributed by atoms with Gasteiger partial charge in [-0.2, -0.15) is 5.26 Å². The van der Waals surface area contributed by atoms with Crippen LogP contribution in [0.4, 0.5) is 5.69 Å². The van der Waals surface area contributed by atoms with E-state index in [-0.39, 0.29) is 16.8 Å². The van der Waals surface area contributed by atoms with Crippen molar-refractivity contribution >= 4 is 5.69 Å². The number of nitro benzene ring substituents is 1. The zero-order valence-corrected chi connectivity index (χ0v) is 8.49. The standard InChI is InChI=1S/C10H10N2O4/c1-6-7(10(14)9(13)5-11)3-2-4-8(6)12(15)16/h2-4,9-10,13-14H,1H3. The van der Waals surface area contributed by atoms with Gasteiger partial charge in [0, 0.05) is 11.6 Å². The van der Waals surface area contributed by atoms with E-state index in [0.29, 0.717) is 0 Å². The normalized spacial score (nSPS) is 13.9. The van der Waals surface area contributed by atoms with E-state index >= 15 is 0 Å². The molecule has 1 aromatic rings. The van der Waals surface area contributed by atoms with Gasteiger partial charge in [-0.15, -0.1) is 0 Å². The zero-order valence-electron chi connectivity index (χ0n) is 8.49. The first-order valence-corrected chi connectivity index (χ1v) is 4.48. The van der Waals surface area contributed by atoms with Crippen molar-refractivity contribution in [2.24, 2.45) is 0 Å². The number of nitrogens with zero attached hydrogens (tertiary/aromatic N) is 2. The lowest BCUT2D eigenvalue weighted by molar-refractivity contribution is -0.385. The van der Waals surface area contributed by atoms with Crippen LogP contribution in [0.3, 0.4) is 0 Å². The van der Waals surface area contributed by atoms with Crippen LogP contribution in [0.25, 0.3) is 0 Å². The molecule has 0 aliphatic carbocycles. The molecule has 0 aromatic heterocycles. The Hall–Kier alpha value is -1.97. The second-order valence-corrected chi connectivity index (χ2v) is 3.27. The number of hydrogen-bond donors (Lipinski definition) is 2. The highest BCUT2D eigenvalue weighted by Gasteiger charge is 2.23. The van der Waals surface area contributed by atoms with Crippen LogP contribution in [-0.4, -0.2) is 21.2 Å². The van der Waals surface area contributed by atoms with Crippen molar-refractivity contribution in [2.45, 2.75) is 19.1 Å². The first kappa shape index (κ1) is 12.1. The Morgan fingerprint density at radius 2 is 2.12 bits per heavy atom. The quantitative estimate of drug-likeness (QED) is 0.447. The molecule has 0 saturated carbocycles. The van der Waals surface area contributed by atoms with Crippen LogP contribution < -0.4 is 0 Å². The fourth-order valence-electron chi connectivity index (χ4n) is 1.40. The van der Waals surface area contributed by atoms with Crippen molar-refractivity contribution in [1.82, 2.24) is 0 Å². The lowest BCUT2D eigenvalue weighted by Gasteiger charge is -2.14. The summed E-state index contributed by atoms with van der Waals surface area (Å²) in [7, 11) is 0. The monoisotopic (exact) mass is 222 g/mol. The molecule has 1 aromatic carbocycles. The van der Waals surface area contributed by atoms with E-state index in [2.05, 4.69) is 0 Å². The SMILES string of the molecule is Cc1c(C(O)C(O)C#N)cccc1[N+](=O)[O-]. The maximum atomic E-state index is 10.6. The Labute approximate surface area is 91.5 Å². The number of nitro groups is 1. The molecule has 0 fully saturated rings. The molecule has 0 spiro atoms. The fourth-order valence-corrected chi connectivity index (χ4v) is 1.40. The third-order valence-corrected chi connectivity index (χ3v) is 2.29. The van der Waals surface area contributed by atoms with E-state index in [1.165, 1.54) is 31.2 Å². The van der Waals surface area contributed by atoms with Crippen LogP contribution in [-0.2, 0) is 0 Å². The minimum atomic E-state index is -1.60. The highest BCUT2D eigenvalue weighted by molar-refractivity contribution is 5.45. The predicted molar refractivity (Wildman–Crippen MR) is 54.4 cm³/mol. The van der Waals surface area contributed by atoms with Gasteiger partial charge in [-0.05, 0) is 12.5 Å². The van der Waals surface area contributed by atoms with Crippen molar-refractivity contribution in [3.05, 3.63) is 39.4 Å². The molecule has 0 saturated heterocycles. The van der Waals surface area contributed by atoms with Gasteiger partial charge in [0.15, 0.2) is 6.10 Å². The average molecular weight is 222 g/mol. The van der Waals surface area contributed by atoms with Gasteiger partial charge in [-0.3, -0.25) is 10.1 Å². The molecule has 2 N–H and O–H groups in total. The third-order valence-electron chi connectivity index (χ3n) is 2.29. The number of aliphatic hydroxyl groups excluding tert-OH is 2. The first-order chi connectivity index (χ1) is 7.49. The van der Waals surface area contributed by atoms with Gasteiger partial charge in [-0.25, -0.2) is 0 Å². The van der Waals surface area contributed by atoms with Gasteiger partial charge < -0.3 is 10.2 Å². The van der Waals surface area contributed by atoms with Crippen LogP contribution in [0.5, 0.6) is 0 Å². The number of aliphatic hydroxyl groups is 2. The molecular weight excluding hydrogens is 212 g/mol. The van der Waals surface area contributed by atoms with Crippen molar-refractivity contribution in [3.63, 3.8) is 0 Å². The Morgan fingerprint density at radius 3 is 2.62 bits per heavy atom. The summed E-state index contributed by atoms with van der Waals surface area (Å²) in [6, 6.07) is 5.61. The van der Waals surface area contributed by atoms with Crippen LogP contribution in [0, 0.1) is 28.4 Å². The summed E-state index contributed by atoms with van der Waals surface area (Å²) in [4.78, 5) is 10.1. The van der Waals surface area contributed by atoms with Crippen LogP contribution in [0.2, 0.25) is 0 Å². The van der Waals surface area contributed by atoms with E-state index in [1.807, 2.05) is 0 Å². The maximum Gasteiger partial charge on any atom is 0.272 e. The minimum Gasteiger partial charge on any atom is -0.385 e. The van der Waals surface area contributed by atoms with Gasteiger partial charge in [0.25, 0.3) is 5.69 Å². The van der Waals surface area contributed by atoms with E-state index in [9.17, 15) is 15.2 Å². The molecule has 1 rings (SSSR count). The van der Waals surface area contributed by atoms with Gasteiger partial charge in [0.1, 0.15) is 6.10 Å². The van der Waals surface area contributed by atoms with Crippen LogP contribution in [0.1, 0.15) is 17.2 Å². The lowest BCUT2D eigenvalue weighted by atomic mass is 9.99. The zero-order chi connectivity index (χ0) is 12.3. The molecular formula is C10H10N2O4. The Kier molecular flexibility index (Phi) is 3.55. The molecule has 0 amide bonds. The highest BCUT2D eigenvalue weighted by atomic mass is 16.6. The molecule has 2 atom stereocenters. The molecule has 6 nitrogen and oxygen atoms in total. The second-order valence-electron chi connectivity index (χ2n) is 3.27. The molecule has 0 heterocycles. The Balaban J connectivity index is 3.21. The summed E-state index contributed by atoms with van der Waals surface area (Å²) in [5.74, 6) is 0. The van der Waals surface area contributed by atoms with E-state index < -0.39 is 17.1 Å². The summed E-state index contributed by atoms with van der Waals surface area (Å²) < 4.78 is 0. The van der Waals surface area contributed by atoms with Crippen molar-refractivity contribution in [2.75, 3.05) is 0 Å². The molecule has 84 valence electrons. The molecule has 0 radical (unpaired) electrons. The lowest BCUT2D eigenvalue weighted by Crippen LogP contribution is -2.17. The van der Waals surface area contributed by atoms with E-state index in [4.69, 9.17) is 10.4 Å². The number of nitriles is 1. The summed E-state index contributed by atoms with van der Waals surface area (Å²) in [6.07, 6.45) is -3.04. The van der Waals surface area contributed by atoms with Gasteiger partial charge >= 0.3 is 0 Å². The van der Waals surface area contributed by atoms with Crippen LogP contribution in [0.15, 0.2) is 18.2 Å². The van der Waals surface area contributed by atoms with Crippen molar-refractivity contribution in [1.29, 1.82) is 5.26 Å². The predicted octanol–water partition coefficient (Wildman–Crippen LogP) is 0.821. The second kappa shape index (κ2) is 4.70. The molecule has 0 aliphatic heterocycles. The number of rotatable bonds is 3. The van der Waals surface area contributed by atoms with Gasteiger partial charge in [0.05, 0.1) is 11.0 Å². The molecule has 2 unspecified atom stereocenters. The van der Waals surface area contributed by atoms with Gasteiger partial charge in [0.2, 0.25) is 0 Å². The smallest absolute Gasteiger partial charge is 0.272 e. The van der Waals surface area contributed by atoms with E-state index in [1.54, 1.807) is 0 Å². The molecule has 16 heavy (non-hydrogen) atoms. The first-order valence-electron chi connectivity index (χ1n) is 4.48. The van der Waals surface area contributed by atoms with Gasteiger partial charge in [-0.1, -0.05) is 12.1 Å². The average Bonchev–Trinajstić information content (AvgIpc) is 2.27. The summed E-state index contributed by atoms with van der Waals surface area (Å²) >= 11 is 0. The summed E-state index contributed by atoms with van der Waals surface area (Å²) in [5.41, 5.74) is 0.277. The number of benzene rings is 1. The summed E-state index contributed by atoms with van der Waals surface area (Å²) in [6.45, 7) is 1.46. The minimum absolute atomic E-state index is 0.151. The molecule has 0 aliphatic rings. The topological polar surface area (TPSA) is 107 Å². The van der Waals surface area contributed by atoms with Crippen molar-refractivity contribution in [3.8, 4) is 6.07 Å². The third kappa shape index (κ3) is 2.16. The largest absolute Gasteiger partial charge is 0.385 e. The van der Waals surface area contributed by atoms with Crippen molar-refractivity contribution < 1.29 is 15.1 Å². The summed E-state index contributed by atoms with van der Waals surface area (Å²) in [5, 5.41) is 37.8. The number of hydrogen-bond acceptors (Lipinski definition) is 5. The Morgan fingerprint density at radius 1 is 1.50 bits per heavy atom. The molecule has 0 bridgehead atoms. The van der Waals surface area contributed by atoms with E-state index in [0.717, 1.165) is 0 Å². The maximum absolute atomic E-state index is 10.6. The van der Waals surface area contributed by atoms with Crippen LogP contribution >= 0.6 is 0 Å². The highest BCUT2D eigenvalue weighted by Crippen LogP contribution is 2.27. The fraction of sp³-hybridized carbons (Fsp3) is 0.300. The Bertz CT molecular complexity index is 453.